The molecule has 0 aliphatic carbocycles. The van der Waals surface area contributed by atoms with Gasteiger partial charge >= 0.3 is 6.18 Å². The Bertz CT molecular complexity index is 868. The number of rotatable bonds is 4. The molecule has 0 aliphatic heterocycles. The summed E-state index contributed by atoms with van der Waals surface area (Å²) in [6.07, 6.45) is 1.18. The van der Waals surface area contributed by atoms with Gasteiger partial charge in [0.25, 0.3) is 0 Å². The number of nitrogens with one attached hydrogen (secondary N) is 1. The summed E-state index contributed by atoms with van der Waals surface area (Å²) < 4.78 is 44.8. The average Bonchev–Trinajstić information content (AvgIpc) is 3.08. The second kappa shape index (κ2) is 9.34. The van der Waals surface area contributed by atoms with Gasteiger partial charge in [0, 0.05) is 28.5 Å². The van der Waals surface area contributed by atoms with E-state index < -0.39 is 12.2 Å². The highest BCUT2D eigenvalue weighted by atomic mass is 35.5. The molecule has 9 heteroatoms. The first-order valence-corrected chi connectivity index (χ1v) is 8.84. The fourth-order valence-corrected chi connectivity index (χ4v) is 2.79. The number of imidazole rings is 1. The van der Waals surface area contributed by atoms with Crippen molar-refractivity contribution in [2.75, 3.05) is 13.7 Å². The maximum absolute atomic E-state index is 12.6. The summed E-state index contributed by atoms with van der Waals surface area (Å²) in [5, 5.41) is 2.82. The Labute approximate surface area is 165 Å². The predicted octanol–water partition coefficient (Wildman–Crippen LogP) is 5.18. The highest BCUT2D eigenvalue weighted by molar-refractivity contribution is 7.80. The van der Waals surface area contributed by atoms with Gasteiger partial charge in [-0.15, -0.1) is 12.6 Å². The number of nitrogens with zero attached hydrogens (tertiary/aromatic N) is 2. The zero-order valence-electron chi connectivity index (χ0n) is 14.7. The van der Waals surface area contributed by atoms with E-state index in [1.54, 1.807) is 20.2 Å². The standard InChI is InChI=1S/C10H11ClF3N.C8H8N2OS/c1-2-15-9(10(12,13)14)7-3-5-8(11)6-4-7;1-11-7-4-6(12)5-10-3-2-9-8(7)10/h3-6,9,15H,2H2,1H3;2-5,12H,1H3/t9-;/m1./s1. The van der Waals surface area contributed by atoms with Gasteiger partial charge in [-0.25, -0.2) is 4.98 Å². The summed E-state index contributed by atoms with van der Waals surface area (Å²) in [4.78, 5) is 4.99. The monoisotopic (exact) mass is 417 g/mol. The summed E-state index contributed by atoms with van der Waals surface area (Å²) in [5.74, 6) is 0.743. The Morgan fingerprint density at radius 1 is 1.30 bits per heavy atom. The minimum Gasteiger partial charge on any atom is -0.493 e. The van der Waals surface area contributed by atoms with E-state index in [1.807, 2.05) is 22.9 Å². The van der Waals surface area contributed by atoms with Crippen molar-refractivity contribution in [3.63, 3.8) is 0 Å². The predicted molar refractivity (Wildman–Crippen MR) is 103 cm³/mol. The molecular formula is C18H19ClF3N3OS. The molecule has 0 amide bonds. The largest absolute Gasteiger partial charge is 0.493 e. The lowest BCUT2D eigenvalue weighted by atomic mass is 10.1. The van der Waals surface area contributed by atoms with Crippen LogP contribution in [0.5, 0.6) is 5.75 Å². The lowest BCUT2D eigenvalue weighted by molar-refractivity contribution is -0.157. The molecule has 0 spiro atoms. The number of hydrogen-bond donors (Lipinski definition) is 2. The third-order valence-corrected chi connectivity index (χ3v) is 4.09. The number of thiol groups is 1. The van der Waals surface area contributed by atoms with Gasteiger partial charge in [0.15, 0.2) is 11.4 Å². The smallest absolute Gasteiger partial charge is 0.407 e. The molecule has 3 aromatic rings. The first-order valence-electron chi connectivity index (χ1n) is 8.01. The van der Waals surface area contributed by atoms with Crippen molar-refractivity contribution < 1.29 is 17.9 Å². The number of pyridine rings is 1. The number of hydrogen-bond acceptors (Lipinski definition) is 4. The quantitative estimate of drug-likeness (QED) is 0.574. The highest BCUT2D eigenvalue weighted by Gasteiger charge is 2.39. The summed E-state index contributed by atoms with van der Waals surface area (Å²) in [6.45, 7) is 1.89. The number of aromatic nitrogens is 2. The first kappa shape index (κ1) is 21.4. The average molecular weight is 418 g/mol. The van der Waals surface area contributed by atoms with Crippen LogP contribution < -0.4 is 10.1 Å². The van der Waals surface area contributed by atoms with Crippen LogP contribution in [0, 0.1) is 0 Å². The van der Waals surface area contributed by atoms with Gasteiger partial charge in [-0.3, -0.25) is 0 Å². The molecule has 2 aromatic heterocycles. The molecule has 1 atom stereocenters. The lowest BCUT2D eigenvalue weighted by Crippen LogP contribution is -2.33. The summed E-state index contributed by atoms with van der Waals surface area (Å²) in [6, 6.07) is 5.87. The van der Waals surface area contributed by atoms with E-state index in [0.717, 1.165) is 16.3 Å². The van der Waals surface area contributed by atoms with Crippen LogP contribution in [-0.4, -0.2) is 29.2 Å². The third kappa shape index (κ3) is 5.79. The Morgan fingerprint density at radius 3 is 2.52 bits per heavy atom. The molecule has 0 aliphatic rings. The molecule has 0 saturated carbocycles. The van der Waals surface area contributed by atoms with Crippen LogP contribution in [0.2, 0.25) is 5.02 Å². The van der Waals surface area contributed by atoms with Gasteiger partial charge < -0.3 is 14.5 Å². The number of methoxy groups -OCH3 is 1. The Kier molecular flexibility index (Phi) is 7.41. The maximum atomic E-state index is 12.6. The van der Waals surface area contributed by atoms with Crippen LogP contribution in [0.15, 0.2) is 53.8 Å². The molecule has 4 nitrogen and oxygen atoms in total. The topological polar surface area (TPSA) is 38.6 Å². The van der Waals surface area contributed by atoms with Crippen molar-refractivity contribution in [1.29, 1.82) is 0 Å². The molecule has 0 fully saturated rings. The van der Waals surface area contributed by atoms with E-state index in [4.69, 9.17) is 16.3 Å². The zero-order chi connectivity index (χ0) is 20.0. The van der Waals surface area contributed by atoms with E-state index in [-0.39, 0.29) is 12.1 Å². The molecule has 27 heavy (non-hydrogen) atoms. The Hall–Kier alpha value is -1.90. The number of alkyl halides is 3. The van der Waals surface area contributed by atoms with Gasteiger partial charge in [0.05, 0.1) is 7.11 Å². The van der Waals surface area contributed by atoms with E-state index in [1.165, 1.54) is 24.3 Å². The van der Waals surface area contributed by atoms with Crippen molar-refractivity contribution in [1.82, 2.24) is 14.7 Å². The maximum Gasteiger partial charge on any atom is 0.407 e. The van der Waals surface area contributed by atoms with Crippen molar-refractivity contribution in [3.05, 3.63) is 59.5 Å². The fraction of sp³-hybridized carbons (Fsp3) is 0.278. The van der Waals surface area contributed by atoms with Crippen molar-refractivity contribution in [2.24, 2.45) is 0 Å². The van der Waals surface area contributed by atoms with Gasteiger partial charge in [-0.05, 0) is 30.3 Å². The van der Waals surface area contributed by atoms with Crippen molar-refractivity contribution in [2.45, 2.75) is 24.0 Å². The first-order chi connectivity index (χ1) is 12.8. The summed E-state index contributed by atoms with van der Waals surface area (Å²) >= 11 is 9.84. The van der Waals surface area contributed by atoms with Gasteiger partial charge in [-0.1, -0.05) is 30.7 Å². The van der Waals surface area contributed by atoms with E-state index in [9.17, 15) is 13.2 Å². The lowest BCUT2D eigenvalue weighted by Gasteiger charge is -2.21. The van der Waals surface area contributed by atoms with Crippen LogP contribution >= 0.6 is 24.2 Å². The fourth-order valence-electron chi connectivity index (χ4n) is 2.42. The summed E-state index contributed by atoms with van der Waals surface area (Å²) in [5.41, 5.74) is 0.990. The van der Waals surface area contributed by atoms with Crippen LogP contribution in [-0.2, 0) is 0 Å². The molecule has 0 bridgehead atoms. The van der Waals surface area contributed by atoms with E-state index in [0.29, 0.717) is 5.02 Å². The SMILES string of the molecule is CCN[C@H](c1ccc(Cl)cc1)C(F)(F)F.COc1cc(S)cn2ccnc12. The second-order valence-corrected chi connectivity index (χ2v) is 6.46. The van der Waals surface area contributed by atoms with Crippen molar-refractivity contribution >= 4 is 29.9 Å². The Morgan fingerprint density at radius 2 is 1.96 bits per heavy atom. The van der Waals surface area contributed by atoms with Gasteiger partial charge in [0.2, 0.25) is 0 Å². The minimum absolute atomic E-state index is 0.175. The third-order valence-electron chi connectivity index (χ3n) is 3.60. The number of halogens is 4. The molecule has 146 valence electrons. The molecular weight excluding hydrogens is 399 g/mol. The molecule has 0 unspecified atom stereocenters. The molecule has 1 aromatic carbocycles. The molecule has 0 radical (unpaired) electrons. The Balaban J connectivity index is 0.000000198. The molecule has 1 N–H and O–H groups in total. The minimum atomic E-state index is -4.29. The zero-order valence-corrected chi connectivity index (χ0v) is 16.3. The van der Waals surface area contributed by atoms with Crippen LogP contribution in [0.3, 0.4) is 0 Å². The normalized spacial score (nSPS) is 12.4. The van der Waals surface area contributed by atoms with E-state index >= 15 is 0 Å². The number of fused-ring (bicyclic) bond motifs is 1. The highest BCUT2D eigenvalue weighted by Crippen LogP contribution is 2.32. The number of ether oxygens (including phenoxy) is 1. The molecule has 0 saturated heterocycles. The van der Waals surface area contributed by atoms with Crippen molar-refractivity contribution in [3.8, 4) is 5.75 Å². The van der Waals surface area contributed by atoms with Gasteiger partial charge in [-0.2, -0.15) is 13.2 Å². The van der Waals surface area contributed by atoms with E-state index in [2.05, 4.69) is 22.9 Å². The van der Waals surface area contributed by atoms with Crippen LogP contribution in [0.25, 0.3) is 5.65 Å². The molecule has 3 rings (SSSR count). The summed E-state index contributed by atoms with van der Waals surface area (Å²) in [7, 11) is 1.62. The number of benzene rings is 1. The molecule has 2 heterocycles. The van der Waals surface area contributed by atoms with Crippen LogP contribution in [0.1, 0.15) is 18.5 Å². The van der Waals surface area contributed by atoms with Gasteiger partial charge in [0.1, 0.15) is 6.04 Å². The second-order valence-electron chi connectivity index (χ2n) is 5.51. The van der Waals surface area contributed by atoms with Crippen LogP contribution in [0.4, 0.5) is 13.2 Å².